The summed E-state index contributed by atoms with van der Waals surface area (Å²) in [5.74, 6) is 0.482. The van der Waals surface area contributed by atoms with Crippen LogP contribution in [0.5, 0.6) is 5.75 Å². The average molecular weight is 221 g/mol. The van der Waals surface area contributed by atoms with Gasteiger partial charge in [-0.05, 0) is 13.3 Å². The highest BCUT2D eigenvalue weighted by Crippen LogP contribution is 2.24. The van der Waals surface area contributed by atoms with Gasteiger partial charge in [0.2, 0.25) is 0 Å². The molecule has 3 nitrogen and oxygen atoms in total. The number of ether oxygens (including phenoxy) is 1. The van der Waals surface area contributed by atoms with Crippen molar-refractivity contribution in [1.82, 2.24) is 10.2 Å². The molecule has 13 heavy (non-hydrogen) atoms. The first-order chi connectivity index (χ1) is 6.13. The smallest absolute Gasteiger partial charge is 0.193 e. The molecule has 1 rings (SSSR count). The van der Waals surface area contributed by atoms with Crippen LogP contribution in [0.15, 0.2) is 6.07 Å². The van der Waals surface area contributed by atoms with Crippen LogP contribution in [0.3, 0.4) is 0 Å². The predicted molar refractivity (Wildman–Crippen MR) is 52.4 cm³/mol. The van der Waals surface area contributed by atoms with Crippen molar-refractivity contribution in [1.29, 1.82) is 0 Å². The molecule has 1 heterocycles. The topological polar surface area (TPSA) is 35.0 Å². The molecule has 1 aromatic heterocycles. The molecule has 1 aromatic rings. The molecule has 0 saturated carbocycles. The molecule has 0 fully saturated rings. The minimum absolute atomic E-state index is 0.0952. The Hall–Kier alpha value is -0.540. The first-order valence-corrected chi connectivity index (χ1v) is 4.74. The van der Waals surface area contributed by atoms with Gasteiger partial charge in [-0.15, -0.1) is 10.2 Å². The van der Waals surface area contributed by atoms with E-state index in [0.717, 1.165) is 6.42 Å². The lowest BCUT2D eigenvalue weighted by Gasteiger charge is -2.12. The minimum Gasteiger partial charge on any atom is -0.487 e. The maximum atomic E-state index is 5.74. The molecule has 0 N–H and O–H groups in total. The molecule has 0 aromatic carbocycles. The number of hydrogen-bond acceptors (Lipinski definition) is 3. The summed E-state index contributed by atoms with van der Waals surface area (Å²) in [7, 11) is 0. The SMILES string of the molecule is CCC(C)Oc1cc(Cl)nnc1Cl. The molecule has 0 bridgehead atoms. The molecule has 0 spiro atoms. The van der Waals surface area contributed by atoms with Gasteiger partial charge in [0, 0.05) is 6.07 Å². The van der Waals surface area contributed by atoms with Gasteiger partial charge in [-0.2, -0.15) is 0 Å². The van der Waals surface area contributed by atoms with Gasteiger partial charge in [0.05, 0.1) is 6.10 Å². The number of hydrogen-bond donors (Lipinski definition) is 0. The summed E-state index contributed by atoms with van der Waals surface area (Å²) in [6.07, 6.45) is 0.994. The molecule has 0 amide bonds. The van der Waals surface area contributed by atoms with Gasteiger partial charge in [0.1, 0.15) is 0 Å². The first kappa shape index (κ1) is 10.5. The summed E-state index contributed by atoms with van der Waals surface area (Å²) in [4.78, 5) is 0. The van der Waals surface area contributed by atoms with Crippen molar-refractivity contribution in [2.24, 2.45) is 0 Å². The van der Waals surface area contributed by atoms with Crippen molar-refractivity contribution in [2.75, 3.05) is 0 Å². The zero-order chi connectivity index (χ0) is 9.84. The van der Waals surface area contributed by atoms with Gasteiger partial charge >= 0.3 is 0 Å². The van der Waals surface area contributed by atoms with E-state index in [-0.39, 0.29) is 16.4 Å². The molecule has 0 aliphatic rings. The minimum atomic E-state index is 0.0952. The second-order valence-corrected chi connectivity index (χ2v) is 3.40. The summed E-state index contributed by atoms with van der Waals surface area (Å²) in [5.41, 5.74) is 0. The van der Waals surface area contributed by atoms with Crippen LogP contribution in [0.2, 0.25) is 10.3 Å². The zero-order valence-electron chi connectivity index (χ0n) is 7.42. The fraction of sp³-hybridized carbons (Fsp3) is 0.500. The van der Waals surface area contributed by atoms with Crippen LogP contribution in [-0.4, -0.2) is 16.3 Å². The van der Waals surface area contributed by atoms with E-state index in [2.05, 4.69) is 10.2 Å². The Morgan fingerprint density at radius 3 is 2.77 bits per heavy atom. The fourth-order valence-corrected chi connectivity index (χ4v) is 0.994. The highest BCUT2D eigenvalue weighted by atomic mass is 35.5. The van der Waals surface area contributed by atoms with Crippen LogP contribution >= 0.6 is 23.2 Å². The lowest BCUT2D eigenvalue weighted by Crippen LogP contribution is -2.10. The lowest BCUT2D eigenvalue weighted by molar-refractivity contribution is 0.216. The molecule has 5 heteroatoms. The highest BCUT2D eigenvalue weighted by Gasteiger charge is 2.08. The van der Waals surface area contributed by atoms with E-state index in [1.807, 2.05) is 13.8 Å². The average Bonchev–Trinajstić information content (AvgIpc) is 2.11. The van der Waals surface area contributed by atoms with E-state index >= 15 is 0 Å². The number of halogens is 2. The van der Waals surface area contributed by atoms with Crippen LogP contribution in [0, 0.1) is 0 Å². The number of aromatic nitrogens is 2. The van der Waals surface area contributed by atoms with Crippen molar-refractivity contribution in [2.45, 2.75) is 26.4 Å². The Morgan fingerprint density at radius 2 is 2.15 bits per heavy atom. The van der Waals surface area contributed by atoms with Crippen LogP contribution in [0.25, 0.3) is 0 Å². The van der Waals surface area contributed by atoms with Gasteiger partial charge in [-0.3, -0.25) is 0 Å². The third kappa shape index (κ3) is 3.01. The van der Waals surface area contributed by atoms with Gasteiger partial charge in [-0.25, -0.2) is 0 Å². The van der Waals surface area contributed by atoms with E-state index in [4.69, 9.17) is 27.9 Å². The molecule has 0 aliphatic carbocycles. The third-order valence-electron chi connectivity index (χ3n) is 1.59. The summed E-state index contributed by atoms with van der Waals surface area (Å²) in [6.45, 7) is 3.97. The standard InChI is InChI=1S/C8H10Cl2N2O/c1-3-5(2)13-6-4-7(9)11-12-8(6)10/h4-5H,3H2,1-2H3. The first-order valence-electron chi connectivity index (χ1n) is 3.99. The van der Waals surface area contributed by atoms with E-state index in [0.29, 0.717) is 5.75 Å². The predicted octanol–water partition coefficient (Wildman–Crippen LogP) is 2.96. The molecular weight excluding hydrogens is 211 g/mol. The molecule has 0 saturated heterocycles. The van der Waals surface area contributed by atoms with Crippen LogP contribution in [0.4, 0.5) is 0 Å². The molecular formula is C8H10Cl2N2O. The number of rotatable bonds is 3. The second-order valence-electron chi connectivity index (χ2n) is 2.66. The molecule has 0 aliphatic heterocycles. The zero-order valence-corrected chi connectivity index (χ0v) is 8.93. The Kier molecular flexibility index (Phi) is 3.75. The second kappa shape index (κ2) is 4.63. The van der Waals surface area contributed by atoms with Gasteiger partial charge in [0.25, 0.3) is 0 Å². The Bertz CT molecular complexity index is 293. The maximum Gasteiger partial charge on any atom is 0.193 e. The molecule has 0 radical (unpaired) electrons. The fourth-order valence-electron chi connectivity index (χ4n) is 0.720. The van der Waals surface area contributed by atoms with Gasteiger partial charge in [0.15, 0.2) is 16.1 Å². The Morgan fingerprint density at radius 1 is 1.46 bits per heavy atom. The largest absolute Gasteiger partial charge is 0.487 e. The van der Waals surface area contributed by atoms with Crippen LogP contribution in [0.1, 0.15) is 20.3 Å². The maximum absolute atomic E-state index is 5.74. The van der Waals surface area contributed by atoms with Crippen LogP contribution < -0.4 is 4.74 Å². The van der Waals surface area contributed by atoms with E-state index in [1.165, 1.54) is 0 Å². The van der Waals surface area contributed by atoms with Gasteiger partial charge < -0.3 is 4.74 Å². The lowest BCUT2D eigenvalue weighted by atomic mass is 10.3. The van der Waals surface area contributed by atoms with Crippen molar-refractivity contribution in [3.8, 4) is 5.75 Å². The van der Waals surface area contributed by atoms with Crippen molar-refractivity contribution in [3.05, 3.63) is 16.4 Å². The normalized spacial score (nSPS) is 12.6. The van der Waals surface area contributed by atoms with Gasteiger partial charge in [-0.1, -0.05) is 30.1 Å². The summed E-state index contributed by atoms with van der Waals surface area (Å²) in [6, 6.07) is 1.56. The monoisotopic (exact) mass is 220 g/mol. The van der Waals surface area contributed by atoms with Crippen molar-refractivity contribution < 1.29 is 4.74 Å². The van der Waals surface area contributed by atoms with Crippen molar-refractivity contribution in [3.63, 3.8) is 0 Å². The van der Waals surface area contributed by atoms with E-state index < -0.39 is 0 Å². The summed E-state index contributed by atoms with van der Waals surface area (Å²) < 4.78 is 5.46. The molecule has 72 valence electrons. The van der Waals surface area contributed by atoms with Crippen molar-refractivity contribution >= 4 is 23.2 Å². The summed E-state index contributed by atoms with van der Waals surface area (Å²) in [5, 5.41) is 7.72. The highest BCUT2D eigenvalue weighted by molar-refractivity contribution is 6.32. The molecule has 1 unspecified atom stereocenters. The number of nitrogens with zero attached hydrogens (tertiary/aromatic N) is 2. The van der Waals surface area contributed by atoms with Crippen LogP contribution in [-0.2, 0) is 0 Å². The van der Waals surface area contributed by atoms with E-state index in [9.17, 15) is 0 Å². The Labute approximate surface area is 87.0 Å². The third-order valence-corrected chi connectivity index (χ3v) is 2.04. The van der Waals surface area contributed by atoms with E-state index in [1.54, 1.807) is 6.07 Å². The Balaban J connectivity index is 2.81. The molecule has 1 atom stereocenters. The quantitative estimate of drug-likeness (QED) is 0.786. The summed E-state index contributed by atoms with van der Waals surface area (Å²) >= 11 is 11.4.